The zero-order valence-electron chi connectivity index (χ0n) is 14.4. The molecule has 3 rings (SSSR count). The molecule has 0 aliphatic rings. The van der Waals surface area contributed by atoms with Crippen LogP contribution < -0.4 is 10.6 Å². The molecule has 144 valence electrons. The second-order valence-electron chi connectivity index (χ2n) is 5.91. The Bertz CT molecular complexity index is 972. The molecule has 0 saturated heterocycles. The molecule has 8 heteroatoms. The van der Waals surface area contributed by atoms with Crippen LogP contribution in [-0.4, -0.2) is 10.9 Å². The summed E-state index contributed by atoms with van der Waals surface area (Å²) >= 11 is 0. The molecule has 0 atom stereocenters. The van der Waals surface area contributed by atoms with Gasteiger partial charge in [0.25, 0.3) is 5.91 Å². The number of carbonyl (C=O) groups excluding carboxylic acids is 1. The van der Waals surface area contributed by atoms with Crippen LogP contribution in [0, 0.1) is 5.82 Å². The van der Waals surface area contributed by atoms with E-state index in [1.807, 2.05) is 0 Å². The van der Waals surface area contributed by atoms with Gasteiger partial charge in [-0.15, -0.1) is 0 Å². The summed E-state index contributed by atoms with van der Waals surface area (Å²) in [6, 6.07) is 13.7. The van der Waals surface area contributed by atoms with E-state index in [1.54, 1.807) is 18.2 Å². The van der Waals surface area contributed by atoms with Crippen LogP contribution in [0.5, 0.6) is 0 Å². The Morgan fingerprint density at radius 2 is 1.79 bits per heavy atom. The van der Waals surface area contributed by atoms with Gasteiger partial charge in [-0.3, -0.25) is 4.79 Å². The van der Waals surface area contributed by atoms with Gasteiger partial charge in [0.05, 0.1) is 11.1 Å². The summed E-state index contributed by atoms with van der Waals surface area (Å²) in [6.07, 6.45) is -3.21. The third-order valence-electron chi connectivity index (χ3n) is 3.89. The Kier molecular flexibility index (Phi) is 5.58. The molecule has 3 aromatic rings. The zero-order valence-corrected chi connectivity index (χ0v) is 14.4. The lowest BCUT2D eigenvalue weighted by molar-refractivity contribution is -0.137. The van der Waals surface area contributed by atoms with E-state index in [-0.39, 0.29) is 23.6 Å². The maximum absolute atomic E-state index is 13.6. The van der Waals surface area contributed by atoms with Crippen molar-refractivity contribution in [2.24, 2.45) is 0 Å². The molecule has 0 bridgehead atoms. The smallest absolute Gasteiger partial charge is 0.366 e. The van der Waals surface area contributed by atoms with Crippen molar-refractivity contribution in [2.45, 2.75) is 12.7 Å². The third kappa shape index (κ3) is 4.85. The molecule has 0 saturated carbocycles. The van der Waals surface area contributed by atoms with Gasteiger partial charge in [-0.2, -0.15) is 13.2 Å². The predicted octanol–water partition coefficient (Wildman–Crippen LogP) is 5.10. The zero-order chi connectivity index (χ0) is 20.1. The van der Waals surface area contributed by atoms with Crippen LogP contribution in [0.3, 0.4) is 0 Å². The number of anilines is 2. The number of nitrogens with one attached hydrogen (secondary N) is 2. The van der Waals surface area contributed by atoms with Crippen LogP contribution in [0.2, 0.25) is 0 Å². The van der Waals surface area contributed by atoms with Crippen LogP contribution in [0.4, 0.5) is 29.1 Å². The van der Waals surface area contributed by atoms with Gasteiger partial charge in [0.2, 0.25) is 0 Å². The summed E-state index contributed by atoms with van der Waals surface area (Å²) in [5, 5.41) is 5.34. The number of rotatable bonds is 5. The number of nitrogens with zero attached hydrogens (tertiary/aromatic N) is 1. The molecule has 1 heterocycles. The van der Waals surface area contributed by atoms with Crippen molar-refractivity contribution in [3.63, 3.8) is 0 Å². The van der Waals surface area contributed by atoms with Crippen LogP contribution in [0.1, 0.15) is 21.5 Å². The van der Waals surface area contributed by atoms with E-state index < -0.39 is 17.6 Å². The number of aromatic nitrogens is 1. The molecule has 2 N–H and O–H groups in total. The van der Waals surface area contributed by atoms with Crippen molar-refractivity contribution in [2.75, 3.05) is 10.6 Å². The van der Waals surface area contributed by atoms with Gasteiger partial charge < -0.3 is 10.6 Å². The standard InChI is InChI=1S/C20H15F4N3O/c21-17-7-2-1-4-13(17)11-25-18-9-8-14(12-26-18)19(28)27-16-6-3-5-15(10-16)20(22,23)24/h1-10,12H,11H2,(H,25,26)(H,27,28). The topological polar surface area (TPSA) is 54.0 Å². The fraction of sp³-hybridized carbons (Fsp3) is 0.100. The van der Waals surface area contributed by atoms with Crippen molar-refractivity contribution >= 4 is 17.4 Å². The van der Waals surface area contributed by atoms with Crippen LogP contribution in [0.15, 0.2) is 66.9 Å². The molecule has 0 aliphatic heterocycles. The van der Waals surface area contributed by atoms with Crippen LogP contribution >= 0.6 is 0 Å². The highest BCUT2D eigenvalue weighted by atomic mass is 19.4. The highest BCUT2D eigenvalue weighted by Gasteiger charge is 2.30. The van der Waals surface area contributed by atoms with E-state index in [0.717, 1.165) is 12.1 Å². The fourth-order valence-corrected chi connectivity index (χ4v) is 2.44. The van der Waals surface area contributed by atoms with E-state index >= 15 is 0 Å². The second kappa shape index (κ2) is 8.08. The number of carbonyl (C=O) groups is 1. The van der Waals surface area contributed by atoms with Crippen molar-refractivity contribution in [3.05, 3.63) is 89.4 Å². The van der Waals surface area contributed by atoms with E-state index in [1.165, 1.54) is 36.5 Å². The minimum atomic E-state index is -4.49. The van der Waals surface area contributed by atoms with Crippen molar-refractivity contribution < 1.29 is 22.4 Å². The molecular weight excluding hydrogens is 374 g/mol. The number of hydrogen-bond donors (Lipinski definition) is 2. The molecule has 0 spiro atoms. The summed E-state index contributed by atoms with van der Waals surface area (Å²) in [4.78, 5) is 16.3. The molecule has 4 nitrogen and oxygen atoms in total. The number of alkyl halides is 3. The highest BCUT2D eigenvalue weighted by molar-refractivity contribution is 6.04. The van der Waals surface area contributed by atoms with Gasteiger partial charge in [0.15, 0.2) is 0 Å². The quantitative estimate of drug-likeness (QED) is 0.597. The van der Waals surface area contributed by atoms with Gasteiger partial charge in [-0.1, -0.05) is 24.3 Å². The Morgan fingerprint density at radius 1 is 1.00 bits per heavy atom. The maximum Gasteiger partial charge on any atom is 0.416 e. The first kappa shape index (κ1) is 19.3. The average Bonchev–Trinajstić information content (AvgIpc) is 2.67. The predicted molar refractivity (Wildman–Crippen MR) is 97.4 cm³/mol. The minimum absolute atomic E-state index is 0.0292. The number of halogens is 4. The minimum Gasteiger partial charge on any atom is -0.366 e. The van der Waals surface area contributed by atoms with Crippen molar-refractivity contribution in [1.82, 2.24) is 4.98 Å². The van der Waals surface area contributed by atoms with Gasteiger partial charge in [0.1, 0.15) is 11.6 Å². The van der Waals surface area contributed by atoms with E-state index in [2.05, 4.69) is 15.6 Å². The first-order valence-electron chi connectivity index (χ1n) is 8.25. The molecule has 0 fully saturated rings. The largest absolute Gasteiger partial charge is 0.416 e. The lowest BCUT2D eigenvalue weighted by Crippen LogP contribution is -2.13. The molecule has 28 heavy (non-hydrogen) atoms. The fourth-order valence-electron chi connectivity index (χ4n) is 2.44. The van der Waals surface area contributed by atoms with Gasteiger partial charge >= 0.3 is 6.18 Å². The molecule has 2 aromatic carbocycles. The van der Waals surface area contributed by atoms with Crippen LogP contribution in [-0.2, 0) is 12.7 Å². The lowest BCUT2D eigenvalue weighted by Gasteiger charge is -2.10. The van der Waals surface area contributed by atoms with E-state index in [0.29, 0.717) is 11.4 Å². The SMILES string of the molecule is O=C(Nc1cccc(C(F)(F)F)c1)c1ccc(NCc2ccccc2F)nc1. The van der Waals surface area contributed by atoms with Crippen LogP contribution in [0.25, 0.3) is 0 Å². The lowest BCUT2D eigenvalue weighted by atomic mass is 10.2. The molecule has 1 aromatic heterocycles. The summed E-state index contributed by atoms with van der Waals surface area (Å²) in [7, 11) is 0. The van der Waals surface area contributed by atoms with Crippen molar-refractivity contribution in [1.29, 1.82) is 0 Å². The highest BCUT2D eigenvalue weighted by Crippen LogP contribution is 2.30. The monoisotopic (exact) mass is 389 g/mol. The molecule has 0 radical (unpaired) electrons. The molecule has 0 aliphatic carbocycles. The molecule has 1 amide bonds. The molecular formula is C20H15F4N3O. The van der Waals surface area contributed by atoms with Gasteiger partial charge in [0, 0.05) is 24.0 Å². The average molecular weight is 389 g/mol. The Balaban J connectivity index is 1.63. The van der Waals surface area contributed by atoms with Crippen molar-refractivity contribution in [3.8, 4) is 0 Å². The summed E-state index contributed by atoms with van der Waals surface area (Å²) < 4.78 is 51.8. The number of amides is 1. The Labute approximate surface area is 158 Å². The number of hydrogen-bond acceptors (Lipinski definition) is 3. The molecule has 0 unspecified atom stereocenters. The third-order valence-corrected chi connectivity index (χ3v) is 3.89. The Morgan fingerprint density at radius 3 is 2.46 bits per heavy atom. The number of benzene rings is 2. The van der Waals surface area contributed by atoms with Gasteiger partial charge in [-0.05, 0) is 36.4 Å². The summed E-state index contributed by atoms with van der Waals surface area (Å²) in [5.74, 6) is -0.501. The maximum atomic E-state index is 13.6. The second-order valence-corrected chi connectivity index (χ2v) is 5.91. The Hall–Kier alpha value is -3.42. The summed E-state index contributed by atoms with van der Waals surface area (Å²) in [5.41, 5.74) is -0.179. The normalized spacial score (nSPS) is 11.1. The summed E-state index contributed by atoms with van der Waals surface area (Å²) in [6.45, 7) is 0.218. The number of pyridine rings is 1. The van der Waals surface area contributed by atoms with E-state index in [4.69, 9.17) is 0 Å². The van der Waals surface area contributed by atoms with Gasteiger partial charge in [-0.25, -0.2) is 9.37 Å². The first-order valence-corrected chi connectivity index (χ1v) is 8.25. The van der Waals surface area contributed by atoms with E-state index in [9.17, 15) is 22.4 Å². The first-order chi connectivity index (χ1) is 13.3.